The fourth-order valence-corrected chi connectivity index (χ4v) is 5.29. The van der Waals surface area contributed by atoms with Crippen LogP contribution in [0.15, 0.2) is 24.3 Å². The average molecular weight is 409 g/mol. The van der Waals surface area contributed by atoms with Gasteiger partial charge in [0.15, 0.2) is 0 Å². The van der Waals surface area contributed by atoms with E-state index in [0.717, 1.165) is 30.4 Å². The minimum absolute atomic E-state index is 0.00578. The summed E-state index contributed by atoms with van der Waals surface area (Å²) in [7, 11) is -3.46. The number of sulfonamides is 1. The summed E-state index contributed by atoms with van der Waals surface area (Å²) in [5.74, 6) is -0.224. The molecular weight excluding hydrogens is 376 g/mol. The van der Waals surface area contributed by atoms with Crippen LogP contribution in [0.1, 0.15) is 56.6 Å². The summed E-state index contributed by atoms with van der Waals surface area (Å²) in [6, 6.07) is 7.07. The van der Waals surface area contributed by atoms with E-state index in [0.29, 0.717) is 25.7 Å². The van der Waals surface area contributed by atoms with E-state index in [-0.39, 0.29) is 18.2 Å². The molecule has 0 saturated heterocycles. The summed E-state index contributed by atoms with van der Waals surface area (Å²) < 4.78 is 32.4. The zero-order valence-corrected chi connectivity index (χ0v) is 17.5. The molecule has 3 rings (SSSR count). The van der Waals surface area contributed by atoms with Crippen LogP contribution in [0.2, 0.25) is 0 Å². The Labute approximate surface area is 168 Å². The third-order valence-corrected chi connectivity index (χ3v) is 7.58. The SMILES string of the molecule is CCS(=O)(=O)N1Cc2ccccc2C[C@@H]1C(=O)NCCCOC1CCCCC1. The van der Waals surface area contributed by atoms with Crippen molar-refractivity contribution >= 4 is 15.9 Å². The molecule has 1 aliphatic carbocycles. The topological polar surface area (TPSA) is 75.7 Å². The monoisotopic (exact) mass is 408 g/mol. The van der Waals surface area contributed by atoms with Gasteiger partial charge >= 0.3 is 0 Å². The summed E-state index contributed by atoms with van der Waals surface area (Å²) in [5, 5.41) is 2.92. The van der Waals surface area contributed by atoms with Crippen molar-refractivity contribution in [1.82, 2.24) is 9.62 Å². The third kappa shape index (κ3) is 5.33. The van der Waals surface area contributed by atoms with Gasteiger partial charge in [0, 0.05) is 19.7 Å². The van der Waals surface area contributed by atoms with Gasteiger partial charge in [0.2, 0.25) is 15.9 Å². The Bertz CT molecular complexity index is 759. The molecule has 1 saturated carbocycles. The van der Waals surface area contributed by atoms with Gasteiger partial charge in [0.25, 0.3) is 0 Å². The Morgan fingerprint density at radius 3 is 2.61 bits per heavy atom. The molecule has 1 fully saturated rings. The predicted octanol–water partition coefficient (Wildman–Crippen LogP) is 2.62. The number of amides is 1. The summed E-state index contributed by atoms with van der Waals surface area (Å²) in [6.45, 7) is 3.02. The van der Waals surface area contributed by atoms with Crippen molar-refractivity contribution in [3.63, 3.8) is 0 Å². The summed E-state index contributed by atoms with van der Waals surface area (Å²) in [6.07, 6.45) is 7.58. The first-order valence-electron chi connectivity index (χ1n) is 10.5. The fraction of sp³-hybridized carbons (Fsp3) is 0.667. The molecule has 1 aliphatic heterocycles. The number of nitrogens with one attached hydrogen (secondary N) is 1. The Hall–Kier alpha value is -1.44. The molecule has 1 heterocycles. The lowest BCUT2D eigenvalue weighted by atomic mass is 9.95. The zero-order valence-electron chi connectivity index (χ0n) is 16.7. The van der Waals surface area contributed by atoms with Crippen LogP contribution in [0, 0.1) is 0 Å². The minimum Gasteiger partial charge on any atom is -0.378 e. The molecule has 7 heteroatoms. The van der Waals surface area contributed by atoms with Crippen LogP contribution in [-0.2, 0) is 32.5 Å². The molecule has 1 aromatic carbocycles. The maximum absolute atomic E-state index is 12.8. The van der Waals surface area contributed by atoms with Crippen molar-refractivity contribution < 1.29 is 17.9 Å². The van der Waals surface area contributed by atoms with E-state index in [1.54, 1.807) is 6.92 Å². The van der Waals surface area contributed by atoms with E-state index in [1.807, 2.05) is 24.3 Å². The third-order valence-electron chi connectivity index (χ3n) is 5.76. The molecule has 1 N–H and O–H groups in total. The van der Waals surface area contributed by atoms with Crippen molar-refractivity contribution in [2.45, 2.75) is 70.6 Å². The predicted molar refractivity (Wildman–Crippen MR) is 109 cm³/mol. The molecule has 1 amide bonds. The van der Waals surface area contributed by atoms with Crippen LogP contribution in [0.3, 0.4) is 0 Å². The van der Waals surface area contributed by atoms with E-state index in [9.17, 15) is 13.2 Å². The lowest BCUT2D eigenvalue weighted by molar-refractivity contribution is -0.125. The molecule has 6 nitrogen and oxygen atoms in total. The standard InChI is InChI=1S/C21H32N2O4S/c1-2-28(25,26)23-16-18-10-7-6-9-17(18)15-20(23)21(24)22-13-8-14-27-19-11-4-3-5-12-19/h6-7,9-10,19-20H,2-5,8,11-16H2,1H3,(H,22,24)/t20-/m1/s1. The molecule has 0 unspecified atom stereocenters. The molecule has 28 heavy (non-hydrogen) atoms. The van der Waals surface area contributed by atoms with E-state index in [1.165, 1.54) is 23.6 Å². The van der Waals surface area contributed by atoms with Gasteiger partial charge in [-0.15, -0.1) is 0 Å². The number of fused-ring (bicyclic) bond motifs is 1. The van der Waals surface area contributed by atoms with E-state index in [2.05, 4.69) is 5.32 Å². The highest BCUT2D eigenvalue weighted by Gasteiger charge is 2.37. The summed E-state index contributed by atoms with van der Waals surface area (Å²) in [5.41, 5.74) is 2.02. The van der Waals surface area contributed by atoms with Crippen molar-refractivity contribution in [2.75, 3.05) is 18.9 Å². The number of nitrogens with zero attached hydrogens (tertiary/aromatic N) is 1. The van der Waals surface area contributed by atoms with Gasteiger partial charge in [-0.25, -0.2) is 8.42 Å². The largest absolute Gasteiger partial charge is 0.378 e. The van der Waals surface area contributed by atoms with Gasteiger partial charge in [-0.1, -0.05) is 43.5 Å². The van der Waals surface area contributed by atoms with Crippen LogP contribution in [0.25, 0.3) is 0 Å². The number of ether oxygens (including phenoxy) is 1. The number of rotatable bonds is 8. The number of benzene rings is 1. The molecule has 1 aromatic rings. The highest BCUT2D eigenvalue weighted by Crippen LogP contribution is 2.26. The quantitative estimate of drug-likeness (QED) is 0.671. The van der Waals surface area contributed by atoms with Gasteiger partial charge in [-0.3, -0.25) is 4.79 Å². The smallest absolute Gasteiger partial charge is 0.238 e. The first kappa shape index (κ1) is 21.3. The van der Waals surface area contributed by atoms with E-state index >= 15 is 0 Å². The lowest BCUT2D eigenvalue weighted by Gasteiger charge is -2.34. The maximum Gasteiger partial charge on any atom is 0.238 e. The minimum atomic E-state index is -3.46. The van der Waals surface area contributed by atoms with Gasteiger partial charge in [-0.05, 0) is 43.7 Å². The molecule has 0 bridgehead atoms. The Kier molecular flexibility index (Phi) is 7.48. The highest BCUT2D eigenvalue weighted by molar-refractivity contribution is 7.89. The number of carbonyl (C=O) groups is 1. The number of carbonyl (C=O) groups excluding carboxylic acids is 1. The van der Waals surface area contributed by atoms with Crippen LogP contribution in [0.5, 0.6) is 0 Å². The molecule has 2 aliphatic rings. The zero-order chi connectivity index (χ0) is 20.0. The Morgan fingerprint density at radius 1 is 1.18 bits per heavy atom. The van der Waals surface area contributed by atoms with Crippen molar-refractivity contribution in [3.05, 3.63) is 35.4 Å². The molecule has 0 aromatic heterocycles. The second kappa shape index (κ2) is 9.85. The lowest BCUT2D eigenvalue weighted by Crippen LogP contribution is -2.53. The molecule has 1 atom stereocenters. The fourth-order valence-electron chi connectivity index (χ4n) is 4.06. The van der Waals surface area contributed by atoms with Crippen molar-refractivity contribution in [2.24, 2.45) is 0 Å². The van der Waals surface area contributed by atoms with E-state index < -0.39 is 16.1 Å². The van der Waals surface area contributed by atoms with Gasteiger partial charge in [-0.2, -0.15) is 4.31 Å². The van der Waals surface area contributed by atoms with Gasteiger partial charge in [0.1, 0.15) is 6.04 Å². The van der Waals surface area contributed by atoms with E-state index in [4.69, 9.17) is 4.74 Å². The molecule has 156 valence electrons. The Morgan fingerprint density at radius 2 is 1.89 bits per heavy atom. The molecular formula is C21H32N2O4S. The number of hydrogen-bond donors (Lipinski definition) is 1. The maximum atomic E-state index is 12.8. The van der Waals surface area contributed by atoms with Crippen LogP contribution >= 0.6 is 0 Å². The Balaban J connectivity index is 1.54. The first-order valence-corrected chi connectivity index (χ1v) is 12.1. The molecule has 0 spiro atoms. The summed E-state index contributed by atoms with van der Waals surface area (Å²) in [4.78, 5) is 12.8. The second-order valence-corrected chi connectivity index (χ2v) is 9.92. The molecule has 0 radical (unpaired) electrons. The van der Waals surface area contributed by atoms with Crippen LogP contribution < -0.4 is 5.32 Å². The van der Waals surface area contributed by atoms with Gasteiger partial charge in [0.05, 0.1) is 11.9 Å². The van der Waals surface area contributed by atoms with Gasteiger partial charge < -0.3 is 10.1 Å². The van der Waals surface area contributed by atoms with Crippen molar-refractivity contribution in [1.29, 1.82) is 0 Å². The average Bonchev–Trinajstić information content (AvgIpc) is 2.73. The first-order chi connectivity index (χ1) is 13.5. The highest BCUT2D eigenvalue weighted by atomic mass is 32.2. The number of hydrogen-bond acceptors (Lipinski definition) is 4. The summed E-state index contributed by atoms with van der Waals surface area (Å²) >= 11 is 0. The van der Waals surface area contributed by atoms with Crippen LogP contribution in [-0.4, -0.2) is 49.7 Å². The van der Waals surface area contributed by atoms with Crippen LogP contribution in [0.4, 0.5) is 0 Å². The van der Waals surface area contributed by atoms with Crippen molar-refractivity contribution in [3.8, 4) is 0 Å². The normalized spacial score (nSPS) is 21.2. The second-order valence-electron chi connectivity index (χ2n) is 7.71.